The highest BCUT2D eigenvalue weighted by Crippen LogP contribution is 2.27. The fraction of sp³-hybridized carbons (Fsp3) is 0.176. The van der Waals surface area contributed by atoms with Gasteiger partial charge in [0.15, 0.2) is 11.5 Å². The van der Waals surface area contributed by atoms with Crippen LogP contribution in [-0.2, 0) is 0 Å². The van der Waals surface area contributed by atoms with Gasteiger partial charge in [-0.05, 0) is 48.0 Å². The molecule has 0 aliphatic rings. The van der Waals surface area contributed by atoms with Gasteiger partial charge in [-0.2, -0.15) is 5.10 Å². The maximum Gasteiger partial charge on any atom is 0.273 e. The zero-order valence-electron chi connectivity index (χ0n) is 13.2. The number of amides is 1. The van der Waals surface area contributed by atoms with Gasteiger partial charge in [0.25, 0.3) is 5.91 Å². The van der Waals surface area contributed by atoms with Crippen molar-refractivity contribution in [3.8, 4) is 17.2 Å². The molecule has 0 atom stereocenters. The van der Waals surface area contributed by atoms with Crippen LogP contribution in [0.5, 0.6) is 17.2 Å². The number of carbonyl (C=O) groups is 1. The number of benzene rings is 2. The number of nitrogens with zero attached hydrogens (tertiary/aromatic N) is 2. The van der Waals surface area contributed by atoms with Crippen molar-refractivity contribution in [1.82, 2.24) is 5.01 Å². The molecule has 0 spiro atoms. The summed E-state index contributed by atoms with van der Waals surface area (Å²) in [5.74, 6) is 0.937. The normalized spacial score (nSPS) is 10.6. The van der Waals surface area contributed by atoms with Crippen LogP contribution in [0.1, 0.15) is 15.9 Å². The monoisotopic (exact) mass is 314 g/mol. The van der Waals surface area contributed by atoms with Crippen molar-refractivity contribution < 1.29 is 19.4 Å². The van der Waals surface area contributed by atoms with Crippen LogP contribution in [-0.4, -0.2) is 43.5 Å². The molecule has 0 bridgehead atoms. The number of aromatic hydroxyl groups is 1. The van der Waals surface area contributed by atoms with Crippen molar-refractivity contribution in [2.75, 3.05) is 21.3 Å². The summed E-state index contributed by atoms with van der Waals surface area (Å²) in [6.45, 7) is 0. The lowest BCUT2D eigenvalue weighted by Gasteiger charge is -2.13. The third kappa shape index (κ3) is 4.00. The Morgan fingerprint density at radius 3 is 2.35 bits per heavy atom. The van der Waals surface area contributed by atoms with E-state index in [9.17, 15) is 9.90 Å². The van der Waals surface area contributed by atoms with E-state index in [0.717, 1.165) is 5.56 Å². The van der Waals surface area contributed by atoms with Crippen LogP contribution in [0.2, 0.25) is 0 Å². The lowest BCUT2D eigenvalue weighted by molar-refractivity contribution is 0.0800. The van der Waals surface area contributed by atoms with Crippen molar-refractivity contribution in [2.24, 2.45) is 5.10 Å². The first-order valence-corrected chi connectivity index (χ1v) is 6.88. The van der Waals surface area contributed by atoms with Gasteiger partial charge in [-0.3, -0.25) is 4.79 Å². The molecule has 0 aliphatic carbocycles. The minimum atomic E-state index is -0.277. The summed E-state index contributed by atoms with van der Waals surface area (Å²) < 4.78 is 10.3. The van der Waals surface area contributed by atoms with E-state index in [0.29, 0.717) is 17.1 Å². The number of methoxy groups -OCH3 is 2. The molecule has 2 aromatic carbocycles. The molecular formula is C17H18N2O4. The molecule has 0 fully saturated rings. The molecule has 2 rings (SSSR count). The molecule has 1 amide bonds. The van der Waals surface area contributed by atoms with E-state index < -0.39 is 0 Å². The molecule has 6 nitrogen and oxygen atoms in total. The summed E-state index contributed by atoms with van der Waals surface area (Å²) in [6.07, 6.45) is 1.54. The molecule has 0 radical (unpaired) electrons. The molecule has 0 aliphatic heterocycles. The first kappa shape index (κ1) is 16.4. The number of hydrogen-bond acceptors (Lipinski definition) is 5. The van der Waals surface area contributed by atoms with E-state index >= 15 is 0 Å². The molecule has 0 unspecified atom stereocenters. The maximum absolute atomic E-state index is 12.4. The molecule has 0 heterocycles. The van der Waals surface area contributed by atoms with Crippen molar-refractivity contribution >= 4 is 12.1 Å². The van der Waals surface area contributed by atoms with E-state index in [-0.39, 0.29) is 11.7 Å². The summed E-state index contributed by atoms with van der Waals surface area (Å²) in [7, 11) is 4.61. The fourth-order valence-corrected chi connectivity index (χ4v) is 1.92. The predicted octanol–water partition coefficient (Wildman–Crippen LogP) is 2.52. The zero-order valence-corrected chi connectivity index (χ0v) is 13.2. The van der Waals surface area contributed by atoms with E-state index in [1.54, 1.807) is 49.5 Å². The molecule has 0 aromatic heterocycles. The molecule has 6 heteroatoms. The second kappa shape index (κ2) is 7.31. The lowest BCUT2D eigenvalue weighted by Crippen LogP contribution is -2.21. The van der Waals surface area contributed by atoms with Gasteiger partial charge in [0.1, 0.15) is 5.75 Å². The molecule has 23 heavy (non-hydrogen) atoms. The Kier molecular flexibility index (Phi) is 5.19. The smallest absolute Gasteiger partial charge is 0.273 e. The average Bonchev–Trinajstić information content (AvgIpc) is 2.59. The van der Waals surface area contributed by atoms with Crippen molar-refractivity contribution in [3.63, 3.8) is 0 Å². The van der Waals surface area contributed by atoms with Gasteiger partial charge in [-0.25, -0.2) is 5.01 Å². The third-order valence-corrected chi connectivity index (χ3v) is 3.20. The lowest BCUT2D eigenvalue weighted by atomic mass is 10.2. The highest BCUT2D eigenvalue weighted by atomic mass is 16.5. The molecule has 120 valence electrons. The Morgan fingerprint density at radius 2 is 1.74 bits per heavy atom. The molecular weight excluding hydrogens is 296 g/mol. The van der Waals surface area contributed by atoms with Crippen LogP contribution in [0.15, 0.2) is 47.6 Å². The van der Waals surface area contributed by atoms with Crippen LogP contribution < -0.4 is 9.47 Å². The third-order valence-electron chi connectivity index (χ3n) is 3.20. The van der Waals surface area contributed by atoms with E-state index in [4.69, 9.17) is 9.47 Å². The molecule has 1 N–H and O–H groups in total. The maximum atomic E-state index is 12.4. The van der Waals surface area contributed by atoms with Gasteiger partial charge in [0.05, 0.1) is 20.4 Å². The minimum absolute atomic E-state index is 0.178. The van der Waals surface area contributed by atoms with Crippen LogP contribution in [0.25, 0.3) is 0 Å². The van der Waals surface area contributed by atoms with E-state index in [1.165, 1.54) is 25.4 Å². The second-order valence-electron chi connectivity index (χ2n) is 4.73. The van der Waals surface area contributed by atoms with Crippen LogP contribution in [0, 0.1) is 0 Å². The Bertz CT molecular complexity index is 711. The number of rotatable bonds is 5. The number of ether oxygens (including phenoxy) is 2. The van der Waals surface area contributed by atoms with E-state index in [2.05, 4.69) is 5.10 Å². The standard InChI is InChI=1S/C17H18N2O4/c1-19(18-11-12-4-7-14(20)8-5-12)17(21)13-6-9-15(22-2)16(10-13)23-3/h4-11,20H,1-3H3/b18-11+. The quantitative estimate of drug-likeness (QED) is 0.680. The van der Waals surface area contributed by atoms with Crippen LogP contribution in [0.4, 0.5) is 0 Å². The topological polar surface area (TPSA) is 71.4 Å². The summed E-state index contributed by atoms with van der Waals surface area (Å²) >= 11 is 0. The van der Waals surface area contributed by atoms with Gasteiger partial charge in [0, 0.05) is 12.6 Å². The summed E-state index contributed by atoms with van der Waals surface area (Å²) in [5.41, 5.74) is 1.21. The van der Waals surface area contributed by atoms with Crippen LogP contribution in [0.3, 0.4) is 0 Å². The van der Waals surface area contributed by atoms with Gasteiger partial charge < -0.3 is 14.6 Å². The number of carbonyl (C=O) groups excluding carboxylic acids is 1. The van der Waals surface area contributed by atoms with Crippen molar-refractivity contribution in [3.05, 3.63) is 53.6 Å². The van der Waals surface area contributed by atoms with Crippen molar-refractivity contribution in [2.45, 2.75) is 0 Å². The highest BCUT2D eigenvalue weighted by Gasteiger charge is 2.14. The van der Waals surface area contributed by atoms with Gasteiger partial charge in [-0.1, -0.05) is 0 Å². The fourth-order valence-electron chi connectivity index (χ4n) is 1.92. The first-order valence-electron chi connectivity index (χ1n) is 6.88. The number of phenols is 1. The van der Waals surface area contributed by atoms with Crippen molar-refractivity contribution in [1.29, 1.82) is 0 Å². The number of hydrogen-bond donors (Lipinski definition) is 1. The molecule has 0 saturated carbocycles. The Balaban J connectivity index is 2.14. The highest BCUT2D eigenvalue weighted by molar-refractivity contribution is 5.95. The molecule has 0 saturated heterocycles. The second-order valence-corrected chi connectivity index (χ2v) is 4.73. The first-order chi connectivity index (χ1) is 11.0. The summed E-state index contributed by atoms with van der Waals surface area (Å²) in [4.78, 5) is 12.4. The average molecular weight is 314 g/mol. The van der Waals surface area contributed by atoms with E-state index in [1.807, 2.05) is 0 Å². The zero-order chi connectivity index (χ0) is 16.8. The summed E-state index contributed by atoms with van der Waals surface area (Å²) in [6, 6.07) is 11.4. The largest absolute Gasteiger partial charge is 0.508 e. The van der Waals surface area contributed by atoms with Gasteiger partial charge >= 0.3 is 0 Å². The SMILES string of the molecule is COc1ccc(C(=O)N(C)/N=C/c2ccc(O)cc2)cc1OC. The molecule has 2 aromatic rings. The Morgan fingerprint density at radius 1 is 1.09 bits per heavy atom. The van der Waals surface area contributed by atoms with Crippen LogP contribution >= 0.6 is 0 Å². The number of phenolic OH excluding ortho intramolecular Hbond substituents is 1. The summed E-state index contributed by atoms with van der Waals surface area (Å²) in [5, 5.41) is 14.6. The number of hydrazone groups is 1. The van der Waals surface area contributed by atoms with Gasteiger partial charge in [-0.15, -0.1) is 0 Å². The van der Waals surface area contributed by atoms with Gasteiger partial charge in [0.2, 0.25) is 0 Å². The predicted molar refractivity (Wildman–Crippen MR) is 87.3 cm³/mol. The Labute approximate surface area is 134 Å². The Hall–Kier alpha value is -3.02. The minimum Gasteiger partial charge on any atom is -0.508 e.